The number of carbonyl (C=O) groups is 1. The largest absolute Gasteiger partial charge is 0.486 e. The Labute approximate surface area is 141 Å². The van der Waals surface area contributed by atoms with Crippen LogP contribution in [-0.4, -0.2) is 19.2 Å². The van der Waals surface area contributed by atoms with E-state index < -0.39 is 0 Å². The van der Waals surface area contributed by atoms with Gasteiger partial charge in [0.2, 0.25) is 0 Å². The van der Waals surface area contributed by atoms with Crippen LogP contribution in [0.1, 0.15) is 37.7 Å². The Morgan fingerprint density at radius 1 is 1.22 bits per heavy atom. The van der Waals surface area contributed by atoms with Crippen LogP contribution in [0.2, 0.25) is 5.02 Å². The summed E-state index contributed by atoms with van der Waals surface area (Å²) in [6.07, 6.45) is 5.72. The van der Waals surface area contributed by atoms with E-state index in [4.69, 9.17) is 25.8 Å². The van der Waals surface area contributed by atoms with E-state index in [0.29, 0.717) is 42.1 Å². The third-order valence-corrected chi connectivity index (χ3v) is 5.65. The van der Waals surface area contributed by atoms with E-state index in [1.165, 1.54) is 25.7 Å². The Morgan fingerprint density at radius 2 is 2.09 bits per heavy atom. The van der Waals surface area contributed by atoms with E-state index in [1.54, 1.807) is 6.07 Å². The summed E-state index contributed by atoms with van der Waals surface area (Å²) < 4.78 is 16.5. The van der Waals surface area contributed by atoms with Gasteiger partial charge in [-0.1, -0.05) is 18.0 Å². The molecule has 1 aromatic carbocycles. The quantitative estimate of drug-likeness (QED) is 0.780. The minimum Gasteiger partial charge on any atom is -0.486 e. The van der Waals surface area contributed by atoms with Crippen LogP contribution in [0, 0.1) is 17.8 Å². The maximum atomic E-state index is 12.1. The van der Waals surface area contributed by atoms with E-state index in [2.05, 4.69) is 0 Å². The Balaban J connectivity index is 1.33. The number of carbonyl (C=O) groups excluding carboxylic acids is 1. The summed E-state index contributed by atoms with van der Waals surface area (Å²) in [5.41, 5.74) is 0.834. The van der Waals surface area contributed by atoms with Gasteiger partial charge in [0, 0.05) is 6.42 Å². The lowest BCUT2D eigenvalue weighted by atomic mass is 9.86. The maximum Gasteiger partial charge on any atom is 0.306 e. The molecule has 2 fully saturated rings. The highest BCUT2D eigenvalue weighted by atomic mass is 35.5. The van der Waals surface area contributed by atoms with Gasteiger partial charge in [0.15, 0.2) is 11.5 Å². The van der Waals surface area contributed by atoms with E-state index in [9.17, 15) is 4.79 Å². The third-order valence-electron chi connectivity index (χ3n) is 5.37. The molecule has 2 saturated carbocycles. The maximum absolute atomic E-state index is 12.1. The van der Waals surface area contributed by atoms with Gasteiger partial charge in [-0.05, 0) is 54.7 Å². The summed E-state index contributed by atoms with van der Waals surface area (Å²) in [7, 11) is 0. The van der Waals surface area contributed by atoms with Crippen LogP contribution in [0.4, 0.5) is 0 Å². The monoisotopic (exact) mass is 336 g/mol. The number of esters is 1. The average molecular weight is 337 g/mol. The predicted octanol–water partition coefficient (Wildman–Crippen LogP) is 3.98. The molecule has 5 heteroatoms. The van der Waals surface area contributed by atoms with Crippen LogP contribution in [0.5, 0.6) is 11.5 Å². The second kappa shape index (κ2) is 6.23. The van der Waals surface area contributed by atoms with Gasteiger partial charge in [0.25, 0.3) is 0 Å². The van der Waals surface area contributed by atoms with Crippen LogP contribution in [0.15, 0.2) is 12.1 Å². The van der Waals surface area contributed by atoms with Gasteiger partial charge >= 0.3 is 5.97 Å². The molecule has 0 radical (unpaired) electrons. The average Bonchev–Trinajstić information content (AvgIpc) is 3.16. The third kappa shape index (κ3) is 3.14. The molecule has 124 valence electrons. The zero-order valence-electron chi connectivity index (χ0n) is 13.1. The van der Waals surface area contributed by atoms with Crippen LogP contribution < -0.4 is 9.47 Å². The molecule has 4 nitrogen and oxygen atoms in total. The van der Waals surface area contributed by atoms with Crippen molar-refractivity contribution in [3.63, 3.8) is 0 Å². The van der Waals surface area contributed by atoms with Gasteiger partial charge in [0.05, 0.1) is 5.02 Å². The summed E-state index contributed by atoms with van der Waals surface area (Å²) in [6.45, 7) is 1.25. The van der Waals surface area contributed by atoms with Gasteiger partial charge in [-0.25, -0.2) is 0 Å². The molecule has 4 rings (SSSR count). The van der Waals surface area contributed by atoms with Crippen molar-refractivity contribution < 1.29 is 19.0 Å². The van der Waals surface area contributed by atoms with Crippen LogP contribution >= 0.6 is 11.6 Å². The Hall–Kier alpha value is -1.42. The van der Waals surface area contributed by atoms with E-state index in [-0.39, 0.29) is 12.6 Å². The minimum absolute atomic E-state index is 0.103. The first-order valence-corrected chi connectivity index (χ1v) is 8.80. The molecule has 0 spiro atoms. The molecular formula is C18H21ClO4. The molecule has 1 aliphatic heterocycles. The summed E-state index contributed by atoms with van der Waals surface area (Å²) in [6, 6.07) is 3.62. The van der Waals surface area contributed by atoms with Crippen molar-refractivity contribution in [2.24, 2.45) is 17.8 Å². The second-order valence-corrected chi connectivity index (χ2v) is 7.31. The Bertz CT molecular complexity index is 615. The van der Waals surface area contributed by atoms with Crippen molar-refractivity contribution in [3.05, 3.63) is 22.7 Å². The predicted molar refractivity (Wildman–Crippen MR) is 85.8 cm³/mol. The van der Waals surface area contributed by atoms with Crippen molar-refractivity contribution in [2.75, 3.05) is 13.2 Å². The highest BCUT2D eigenvalue weighted by Crippen LogP contribution is 2.49. The molecular weight excluding hydrogens is 316 g/mol. The first kappa shape index (κ1) is 15.1. The Kier molecular flexibility index (Phi) is 4.10. The lowest BCUT2D eigenvalue weighted by Gasteiger charge is -2.21. The van der Waals surface area contributed by atoms with Crippen molar-refractivity contribution in [1.82, 2.24) is 0 Å². The molecule has 0 amide bonds. The van der Waals surface area contributed by atoms with Crippen molar-refractivity contribution in [3.8, 4) is 11.5 Å². The topological polar surface area (TPSA) is 44.8 Å². The van der Waals surface area contributed by atoms with E-state index >= 15 is 0 Å². The fourth-order valence-electron chi connectivity index (χ4n) is 4.31. The SMILES string of the molecule is O=C(C[C@@H]1C[C@@H]2CC[C@@H]1C2)OCc1cc(Cl)c2c(c1)OCCO2. The second-order valence-electron chi connectivity index (χ2n) is 6.90. The highest BCUT2D eigenvalue weighted by Gasteiger charge is 2.40. The lowest BCUT2D eigenvalue weighted by molar-refractivity contribution is -0.146. The standard InChI is InChI=1S/C18H21ClO4/c19-15-7-12(8-16-18(15)22-4-3-21-16)10-23-17(20)9-14-6-11-1-2-13(14)5-11/h7-8,11,13-14H,1-6,9-10H2/t11-,13-,14+/m1/s1. The first-order chi connectivity index (χ1) is 11.2. The van der Waals surface area contributed by atoms with Crippen LogP contribution in [0.3, 0.4) is 0 Å². The van der Waals surface area contributed by atoms with Gasteiger partial charge < -0.3 is 14.2 Å². The zero-order chi connectivity index (χ0) is 15.8. The molecule has 2 bridgehead atoms. The molecule has 3 aliphatic rings. The van der Waals surface area contributed by atoms with Gasteiger partial charge in [-0.15, -0.1) is 0 Å². The van der Waals surface area contributed by atoms with Gasteiger partial charge in [0.1, 0.15) is 19.8 Å². The minimum atomic E-state index is -0.103. The molecule has 2 aliphatic carbocycles. The van der Waals surface area contributed by atoms with Gasteiger partial charge in [-0.2, -0.15) is 0 Å². The van der Waals surface area contributed by atoms with Crippen molar-refractivity contribution in [2.45, 2.75) is 38.7 Å². The molecule has 1 heterocycles. The van der Waals surface area contributed by atoms with Gasteiger partial charge in [-0.3, -0.25) is 4.79 Å². The number of fused-ring (bicyclic) bond motifs is 3. The summed E-state index contributed by atoms with van der Waals surface area (Å²) in [4.78, 5) is 12.1. The van der Waals surface area contributed by atoms with Crippen molar-refractivity contribution in [1.29, 1.82) is 0 Å². The smallest absolute Gasteiger partial charge is 0.306 e. The molecule has 0 aromatic heterocycles. The van der Waals surface area contributed by atoms with E-state index in [0.717, 1.165) is 17.4 Å². The fourth-order valence-corrected chi connectivity index (χ4v) is 4.60. The first-order valence-electron chi connectivity index (χ1n) is 8.42. The number of ether oxygens (including phenoxy) is 3. The number of hydrogen-bond donors (Lipinski definition) is 0. The number of hydrogen-bond acceptors (Lipinski definition) is 4. The molecule has 0 N–H and O–H groups in total. The van der Waals surface area contributed by atoms with Crippen LogP contribution in [0.25, 0.3) is 0 Å². The lowest BCUT2D eigenvalue weighted by Crippen LogP contribution is -2.17. The normalized spacial score (nSPS) is 28.0. The highest BCUT2D eigenvalue weighted by molar-refractivity contribution is 6.32. The molecule has 3 atom stereocenters. The van der Waals surface area contributed by atoms with Crippen molar-refractivity contribution >= 4 is 17.6 Å². The number of rotatable bonds is 4. The van der Waals surface area contributed by atoms with Crippen LogP contribution in [-0.2, 0) is 16.1 Å². The summed E-state index contributed by atoms with van der Waals surface area (Å²) in [5, 5.41) is 0.501. The molecule has 0 saturated heterocycles. The fraction of sp³-hybridized carbons (Fsp3) is 0.611. The number of halogens is 1. The summed E-state index contributed by atoms with van der Waals surface area (Å²) >= 11 is 6.20. The molecule has 0 unspecified atom stereocenters. The van der Waals surface area contributed by atoms with E-state index in [1.807, 2.05) is 6.07 Å². The Morgan fingerprint density at radius 3 is 2.87 bits per heavy atom. The molecule has 23 heavy (non-hydrogen) atoms. The number of benzene rings is 1. The molecule has 1 aromatic rings. The summed E-state index contributed by atoms with van der Waals surface area (Å²) in [5.74, 6) is 3.24. The zero-order valence-corrected chi connectivity index (χ0v) is 13.8.